The van der Waals surface area contributed by atoms with Gasteiger partial charge in [0.25, 0.3) is 5.91 Å². The van der Waals surface area contributed by atoms with E-state index in [1.54, 1.807) is 18.9 Å². The zero-order valence-corrected chi connectivity index (χ0v) is 15.1. The molecule has 4 aliphatic rings. The standard InChI is InChI=1S/C21H27NO3/c1-14(19(23)22(2)18-6-4-3-5-7-18)25-20(24)21-11-15-8-16(12-21)10-17(9-15)13-21/h3-7,14-17H,8-13H2,1-2H3/t14-,15?,16?,17?,21?/m0/s1. The molecule has 0 unspecified atom stereocenters. The van der Waals surface area contributed by atoms with Crippen molar-refractivity contribution in [3.8, 4) is 0 Å². The van der Waals surface area contributed by atoms with Crippen LogP contribution >= 0.6 is 0 Å². The Labute approximate surface area is 149 Å². The number of rotatable bonds is 4. The number of likely N-dealkylation sites (N-methyl/N-ethyl adjacent to an activating group) is 1. The monoisotopic (exact) mass is 341 g/mol. The van der Waals surface area contributed by atoms with Gasteiger partial charge in [0.15, 0.2) is 6.10 Å². The lowest BCUT2D eigenvalue weighted by Gasteiger charge is -2.55. The number of carbonyl (C=O) groups is 2. The molecule has 4 nitrogen and oxygen atoms in total. The third kappa shape index (κ3) is 2.96. The number of amides is 1. The number of ether oxygens (including phenoxy) is 1. The number of carbonyl (C=O) groups excluding carboxylic acids is 2. The maximum atomic E-state index is 13.0. The summed E-state index contributed by atoms with van der Waals surface area (Å²) in [6.07, 6.45) is 6.02. The Balaban J connectivity index is 1.43. The number of esters is 1. The minimum atomic E-state index is -0.745. The van der Waals surface area contributed by atoms with Crippen molar-refractivity contribution < 1.29 is 14.3 Å². The highest BCUT2D eigenvalue weighted by Gasteiger charge is 2.55. The summed E-state index contributed by atoms with van der Waals surface area (Å²) < 4.78 is 5.71. The molecule has 1 amide bonds. The van der Waals surface area contributed by atoms with Gasteiger partial charge in [0.2, 0.25) is 0 Å². The second-order valence-corrected chi connectivity index (χ2v) is 8.48. The van der Waals surface area contributed by atoms with Crippen molar-refractivity contribution in [1.29, 1.82) is 0 Å². The van der Waals surface area contributed by atoms with E-state index in [0.29, 0.717) is 17.8 Å². The molecule has 4 saturated carbocycles. The summed E-state index contributed by atoms with van der Waals surface area (Å²) in [5.41, 5.74) is 0.499. The van der Waals surface area contributed by atoms with E-state index in [-0.39, 0.29) is 17.3 Å². The Hall–Kier alpha value is -1.84. The molecule has 5 rings (SSSR count). The SMILES string of the molecule is C[C@H](OC(=O)C12CC3CC(CC(C3)C1)C2)C(=O)N(C)c1ccccc1. The first-order chi connectivity index (χ1) is 12.0. The lowest BCUT2D eigenvalue weighted by Crippen LogP contribution is -2.52. The highest BCUT2D eigenvalue weighted by atomic mass is 16.5. The molecule has 0 aliphatic heterocycles. The van der Waals surface area contributed by atoms with Gasteiger partial charge in [0.05, 0.1) is 5.41 Å². The molecule has 4 fully saturated rings. The normalized spacial score (nSPS) is 33.8. The third-order valence-corrected chi connectivity index (χ3v) is 6.58. The first-order valence-electron chi connectivity index (χ1n) is 9.50. The van der Waals surface area contributed by atoms with Gasteiger partial charge in [-0.25, -0.2) is 0 Å². The quantitative estimate of drug-likeness (QED) is 0.783. The molecule has 4 heteroatoms. The summed E-state index contributed by atoms with van der Waals surface area (Å²) in [6, 6.07) is 9.46. The molecule has 0 heterocycles. The number of para-hydroxylation sites is 1. The van der Waals surface area contributed by atoms with Crippen molar-refractivity contribution in [2.75, 3.05) is 11.9 Å². The van der Waals surface area contributed by atoms with E-state index in [9.17, 15) is 9.59 Å². The number of benzene rings is 1. The van der Waals surface area contributed by atoms with E-state index < -0.39 is 6.10 Å². The van der Waals surface area contributed by atoms with Crippen LogP contribution in [0, 0.1) is 23.2 Å². The maximum absolute atomic E-state index is 13.0. The van der Waals surface area contributed by atoms with E-state index in [2.05, 4.69) is 0 Å². The maximum Gasteiger partial charge on any atom is 0.312 e. The summed E-state index contributed by atoms with van der Waals surface area (Å²) >= 11 is 0. The molecule has 134 valence electrons. The van der Waals surface area contributed by atoms with Gasteiger partial charge in [0.1, 0.15) is 0 Å². The number of hydrogen-bond donors (Lipinski definition) is 0. The van der Waals surface area contributed by atoms with Crippen LogP contribution in [-0.2, 0) is 14.3 Å². The molecule has 4 aliphatic carbocycles. The van der Waals surface area contributed by atoms with Gasteiger partial charge in [-0.1, -0.05) is 18.2 Å². The second kappa shape index (κ2) is 6.15. The van der Waals surface area contributed by atoms with Crippen LogP contribution in [0.2, 0.25) is 0 Å². The highest BCUT2D eigenvalue weighted by Crippen LogP contribution is 2.60. The smallest absolute Gasteiger partial charge is 0.312 e. The second-order valence-electron chi connectivity index (χ2n) is 8.48. The molecule has 1 atom stereocenters. The zero-order valence-electron chi connectivity index (χ0n) is 15.1. The van der Waals surface area contributed by atoms with Gasteiger partial charge in [0, 0.05) is 12.7 Å². The fraction of sp³-hybridized carbons (Fsp3) is 0.619. The van der Waals surface area contributed by atoms with E-state index in [1.165, 1.54) is 19.3 Å². The first-order valence-corrected chi connectivity index (χ1v) is 9.50. The van der Waals surface area contributed by atoms with Crippen molar-refractivity contribution in [1.82, 2.24) is 0 Å². The number of nitrogens with zero attached hydrogens (tertiary/aromatic N) is 1. The molecule has 0 radical (unpaired) electrons. The van der Waals surface area contributed by atoms with Crippen molar-refractivity contribution in [3.63, 3.8) is 0 Å². The van der Waals surface area contributed by atoms with Crippen LogP contribution < -0.4 is 4.90 Å². The molecular formula is C21H27NO3. The molecule has 4 bridgehead atoms. The van der Waals surface area contributed by atoms with Crippen LogP contribution in [0.25, 0.3) is 0 Å². The molecule has 0 spiro atoms. The summed E-state index contributed by atoms with van der Waals surface area (Å²) in [5.74, 6) is 1.77. The highest BCUT2D eigenvalue weighted by molar-refractivity contribution is 5.97. The third-order valence-electron chi connectivity index (χ3n) is 6.58. The van der Waals surface area contributed by atoms with Gasteiger partial charge in [-0.15, -0.1) is 0 Å². The summed E-state index contributed by atoms with van der Waals surface area (Å²) in [4.78, 5) is 27.2. The van der Waals surface area contributed by atoms with Crippen LogP contribution in [0.3, 0.4) is 0 Å². The summed E-state index contributed by atoms with van der Waals surface area (Å²) in [5, 5.41) is 0. The summed E-state index contributed by atoms with van der Waals surface area (Å²) in [7, 11) is 1.73. The Bertz CT molecular complexity index is 634. The van der Waals surface area contributed by atoms with Crippen LogP contribution in [0.1, 0.15) is 45.4 Å². The molecule has 1 aromatic rings. The molecule has 25 heavy (non-hydrogen) atoms. The van der Waals surface area contributed by atoms with Gasteiger partial charge < -0.3 is 9.64 Å². The number of hydrogen-bond acceptors (Lipinski definition) is 3. The lowest BCUT2D eigenvalue weighted by atomic mass is 9.49. The van der Waals surface area contributed by atoms with Crippen LogP contribution in [0.15, 0.2) is 30.3 Å². The van der Waals surface area contributed by atoms with Gasteiger partial charge in [-0.05, 0) is 75.3 Å². The molecule has 0 aromatic heterocycles. The fourth-order valence-electron chi connectivity index (χ4n) is 5.75. The molecule has 1 aromatic carbocycles. The van der Waals surface area contributed by atoms with Crippen LogP contribution in [0.4, 0.5) is 5.69 Å². The Morgan fingerprint density at radius 2 is 1.56 bits per heavy atom. The minimum absolute atomic E-state index is 0.131. The largest absolute Gasteiger partial charge is 0.452 e. The molecular weight excluding hydrogens is 314 g/mol. The van der Waals surface area contributed by atoms with E-state index in [1.807, 2.05) is 30.3 Å². The average molecular weight is 341 g/mol. The van der Waals surface area contributed by atoms with Gasteiger partial charge >= 0.3 is 5.97 Å². The average Bonchev–Trinajstić information content (AvgIpc) is 2.60. The fourth-order valence-corrected chi connectivity index (χ4v) is 5.75. The minimum Gasteiger partial charge on any atom is -0.452 e. The van der Waals surface area contributed by atoms with Crippen molar-refractivity contribution >= 4 is 17.6 Å². The van der Waals surface area contributed by atoms with Crippen LogP contribution in [0.5, 0.6) is 0 Å². The Kier molecular flexibility index (Phi) is 4.09. The predicted octanol–water partition coefficient (Wildman–Crippen LogP) is 3.80. The van der Waals surface area contributed by atoms with Gasteiger partial charge in [-0.2, -0.15) is 0 Å². The van der Waals surface area contributed by atoms with Crippen molar-refractivity contribution in [2.24, 2.45) is 23.2 Å². The molecule has 0 N–H and O–H groups in total. The zero-order chi connectivity index (χ0) is 17.6. The molecule has 0 saturated heterocycles. The topological polar surface area (TPSA) is 46.6 Å². The Morgan fingerprint density at radius 3 is 2.08 bits per heavy atom. The predicted molar refractivity (Wildman–Crippen MR) is 96.0 cm³/mol. The van der Waals surface area contributed by atoms with Gasteiger partial charge in [-0.3, -0.25) is 9.59 Å². The summed E-state index contributed by atoms with van der Waals surface area (Å²) in [6.45, 7) is 1.69. The van der Waals surface area contributed by atoms with E-state index >= 15 is 0 Å². The Morgan fingerprint density at radius 1 is 1.04 bits per heavy atom. The van der Waals surface area contributed by atoms with E-state index in [0.717, 1.165) is 24.9 Å². The van der Waals surface area contributed by atoms with Crippen LogP contribution in [-0.4, -0.2) is 25.0 Å². The van der Waals surface area contributed by atoms with E-state index in [4.69, 9.17) is 4.74 Å². The van der Waals surface area contributed by atoms with Crippen molar-refractivity contribution in [3.05, 3.63) is 30.3 Å². The lowest BCUT2D eigenvalue weighted by molar-refractivity contribution is -0.178. The van der Waals surface area contributed by atoms with Crippen molar-refractivity contribution in [2.45, 2.75) is 51.6 Å². The number of anilines is 1. The first kappa shape index (κ1) is 16.6.